The molecule has 0 amide bonds. The molecule has 2 unspecified atom stereocenters. The van der Waals surface area contributed by atoms with Crippen LogP contribution in [-0.2, 0) is 32.0 Å². The van der Waals surface area contributed by atoms with Crippen LogP contribution < -0.4 is 0 Å². The third-order valence-corrected chi connectivity index (χ3v) is 12.4. The summed E-state index contributed by atoms with van der Waals surface area (Å²) in [5.74, 6) is -1.67. The Morgan fingerprint density at radius 3 is 1.95 bits per heavy atom. The van der Waals surface area contributed by atoms with E-state index < -0.39 is 43.8 Å². The van der Waals surface area contributed by atoms with Crippen molar-refractivity contribution in [1.29, 1.82) is 0 Å². The lowest BCUT2D eigenvalue weighted by atomic mass is 9.90. The molecular formula is C26H35FN2O7P2. The predicted octanol–water partition coefficient (Wildman–Crippen LogP) is 7.58. The number of carbonyl (C=O) groups is 1. The average Bonchev–Trinajstić information content (AvgIpc) is 3.37. The van der Waals surface area contributed by atoms with Gasteiger partial charge < -0.3 is 18.1 Å². The van der Waals surface area contributed by atoms with Gasteiger partial charge in [0.2, 0.25) is 0 Å². The summed E-state index contributed by atoms with van der Waals surface area (Å²) in [6.45, 7) is 7.93. The fraction of sp³-hybridized carbons (Fsp3) is 0.500. The van der Waals surface area contributed by atoms with Gasteiger partial charge in [0.15, 0.2) is 5.78 Å². The molecule has 9 nitrogen and oxygen atoms in total. The smallest absolute Gasteiger partial charge is 0.307 e. The molecule has 0 N–H and O–H groups in total. The largest absolute Gasteiger partial charge is 0.372 e. The molecule has 0 saturated heterocycles. The number of rotatable bonds is 14. The van der Waals surface area contributed by atoms with E-state index in [9.17, 15) is 13.9 Å². The molecule has 38 heavy (non-hydrogen) atoms. The van der Waals surface area contributed by atoms with Crippen LogP contribution in [0.5, 0.6) is 0 Å². The molecule has 1 heterocycles. The van der Waals surface area contributed by atoms with Crippen molar-refractivity contribution in [2.45, 2.75) is 58.0 Å². The van der Waals surface area contributed by atoms with Crippen LogP contribution in [0, 0.1) is 5.82 Å². The minimum Gasteiger partial charge on any atom is -0.307 e. The standard InChI is InChI=1S/C26H35FN2O7P2/c1-6-33-37(31,34-7-2)26(38(32,35-8-3)36-9-4)18-24(28-29-26)25(30)19(5)21-15-16-22(23(27)17-21)20-13-11-10-12-14-20/h10-17,19,24H,6-9,18H2,1-5H3. The number of ketones is 1. The fourth-order valence-corrected chi connectivity index (χ4v) is 9.76. The highest BCUT2D eigenvalue weighted by molar-refractivity contribution is 7.74. The maximum absolute atomic E-state index is 15.0. The van der Waals surface area contributed by atoms with Crippen LogP contribution in [0.4, 0.5) is 4.39 Å². The summed E-state index contributed by atoms with van der Waals surface area (Å²) < 4.78 is 65.3. The lowest BCUT2D eigenvalue weighted by Gasteiger charge is -2.36. The third kappa shape index (κ3) is 5.76. The molecule has 0 aliphatic carbocycles. The van der Waals surface area contributed by atoms with Gasteiger partial charge in [-0.3, -0.25) is 13.9 Å². The zero-order valence-electron chi connectivity index (χ0n) is 22.3. The zero-order valence-corrected chi connectivity index (χ0v) is 24.1. The van der Waals surface area contributed by atoms with Crippen LogP contribution in [-0.4, -0.2) is 43.3 Å². The molecule has 0 saturated carbocycles. The number of Topliss-reactive ketones (excluding diaryl/α,β-unsaturated/α-hetero) is 1. The summed E-state index contributed by atoms with van der Waals surface area (Å²) in [5, 5.41) is 6.09. The first-order valence-corrected chi connectivity index (χ1v) is 15.8. The zero-order chi connectivity index (χ0) is 28.0. The summed E-state index contributed by atoms with van der Waals surface area (Å²) in [4.78, 5) is 13.6. The molecule has 208 valence electrons. The van der Waals surface area contributed by atoms with Crippen LogP contribution in [0.2, 0.25) is 0 Å². The molecule has 2 atom stereocenters. The highest BCUT2D eigenvalue weighted by Gasteiger charge is 2.70. The van der Waals surface area contributed by atoms with E-state index in [0.29, 0.717) is 11.1 Å². The van der Waals surface area contributed by atoms with Crippen molar-refractivity contribution < 1.29 is 36.4 Å². The molecule has 0 bridgehead atoms. The summed E-state index contributed by atoms with van der Waals surface area (Å²) in [5.41, 5.74) is 1.57. The molecule has 0 fully saturated rings. The van der Waals surface area contributed by atoms with E-state index in [0.717, 1.165) is 5.56 Å². The summed E-state index contributed by atoms with van der Waals surface area (Å²) in [6, 6.07) is 12.6. The van der Waals surface area contributed by atoms with Gasteiger partial charge in [-0.1, -0.05) is 49.4 Å². The van der Waals surface area contributed by atoms with Gasteiger partial charge in [-0.05, 0) is 44.9 Å². The third-order valence-electron chi connectivity index (χ3n) is 6.23. The highest BCUT2D eigenvalue weighted by Crippen LogP contribution is 2.81. The summed E-state index contributed by atoms with van der Waals surface area (Å²) in [6.07, 6.45) is -0.366. The van der Waals surface area contributed by atoms with Crippen LogP contribution in [0.1, 0.15) is 52.5 Å². The monoisotopic (exact) mass is 568 g/mol. The maximum Gasteiger partial charge on any atom is 0.372 e. The molecule has 2 aromatic rings. The SMILES string of the molecule is CCOP(=O)(OCC)C1(P(=O)(OCC)OCC)CC(C(=O)C(C)c2ccc(-c3ccccc3)c(F)c2)N=N1. The average molecular weight is 569 g/mol. The van der Waals surface area contributed by atoms with Crippen molar-refractivity contribution in [3.8, 4) is 11.1 Å². The minimum atomic E-state index is -4.29. The second kappa shape index (κ2) is 12.9. The lowest BCUT2D eigenvalue weighted by molar-refractivity contribution is -0.121. The van der Waals surface area contributed by atoms with Crippen LogP contribution in [0.25, 0.3) is 11.1 Å². The summed E-state index contributed by atoms with van der Waals surface area (Å²) in [7, 11) is -8.58. The normalized spacial score (nSPS) is 18.0. The van der Waals surface area contributed by atoms with Crippen molar-refractivity contribution in [2.24, 2.45) is 10.2 Å². The molecule has 0 radical (unpaired) electrons. The summed E-state index contributed by atoms with van der Waals surface area (Å²) >= 11 is 0. The molecule has 1 aliphatic heterocycles. The lowest BCUT2D eigenvalue weighted by Crippen LogP contribution is -2.34. The number of carbonyl (C=O) groups excluding carboxylic acids is 1. The number of halogens is 1. The molecule has 0 spiro atoms. The quantitative estimate of drug-likeness (QED) is 0.216. The van der Waals surface area contributed by atoms with E-state index in [1.54, 1.807) is 58.9 Å². The van der Waals surface area contributed by atoms with E-state index in [2.05, 4.69) is 10.2 Å². The first-order valence-electron chi connectivity index (χ1n) is 12.7. The first kappa shape index (κ1) is 30.5. The van der Waals surface area contributed by atoms with Gasteiger partial charge in [0.25, 0.3) is 5.02 Å². The molecule has 1 aliphatic rings. The molecule has 12 heteroatoms. The Kier molecular flexibility index (Phi) is 10.3. The molecule has 0 aromatic heterocycles. The van der Waals surface area contributed by atoms with Gasteiger partial charge in [0.05, 0.1) is 26.4 Å². The Morgan fingerprint density at radius 1 is 0.947 bits per heavy atom. The van der Waals surface area contributed by atoms with Crippen molar-refractivity contribution in [3.05, 3.63) is 59.9 Å². The Bertz CT molecular complexity index is 1190. The number of hydrogen-bond acceptors (Lipinski definition) is 9. The fourth-order valence-electron chi connectivity index (χ4n) is 4.42. The Balaban J connectivity index is 1.96. The van der Waals surface area contributed by atoms with Gasteiger partial charge in [-0.15, -0.1) is 0 Å². The van der Waals surface area contributed by atoms with Crippen molar-refractivity contribution in [1.82, 2.24) is 0 Å². The van der Waals surface area contributed by atoms with Crippen LogP contribution >= 0.6 is 15.2 Å². The van der Waals surface area contributed by atoms with Gasteiger partial charge in [-0.2, -0.15) is 10.2 Å². The van der Waals surface area contributed by atoms with Gasteiger partial charge in [0, 0.05) is 17.9 Å². The molecular weight excluding hydrogens is 533 g/mol. The molecule has 3 rings (SSSR count). The second-order valence-electron chi connectivity index (χ2n) is 8.61. The van der Waals surface area contributed by atoms with E-state index in [-0.39, 0.29) is 32.8 Å². The van der Waals surface area contributed by atoms with E-state index in [1.165, 1.54) is 6.07 Å². The maximum atomic E-state index is 15.0. The predicted molar refractivity (Wildman–Crippen MR) is 143 cm³/mol. The Hall–Kier alpha value is -2.06. The first-order chi connectivity index (χ1) is 18.1. The topological polar surface area (TPSA) is 113 Å². The Labute approximate surface area is 223 Å². The number of benzene rings is 2. The van der Waals surface area contributed by atoms with Crippen LogP contribution in [0.3, 0.4) is 0 Å². The van der Waals surface area contributed by atoms with E-state index >= 15 is 4.39 Å². The van der Waals surface area contributed by atoms with Gasteiger partial charge in [0.1, 0.15) is 11.9 Å². The Morgan fingerprint density at radius 2 is 1.47 bits per heavy atom. The number of azo groups is 1. The van der Waals surface area contributed by atoms with Crippen molar-refractivity contribution in [3.63, 3.8) is 0 Å². The number of nitrogens with zero attached hydrogens (tertiary/aromatic N) is 2. The van der Waals surface area contributed by atoms with Gasteiger partial charge >= 0.3 is 15.2 Å². The van der Waals surface area contributed by atoms with Crippen molar-refractivity contribution in [2.75, 3.05) is 26.4 Å². The van der Waals surface area contributed by atoms with Gasteiger partial charge in [-0.25, -0.2) is 4.39 Å². The second-order valence-corrected chi connectivity index (χ2v) is 13.5. The minimum absolute atomic E-state index is 0.0329. The van der Waals surface area contributed by atoms with Crippen LogP contribution in [0.15, 0.2) is 58.8 Å². The number of hydrogen-bond donors (Lipinski definition) is 0. The highest BCUT2D eigenvalue weighted by atomic mass is 31.2. The molecule has 2 aromatic carbocycles. The van der Waals surface area contributed by atoms with E-state index in [1.807, 2.05) is 18.2 Å². The van der Waals surface area contributed by atoms with Crippen molar-refractivity contribution >= 4 is 21.0 Å². The van der Waals surface area contributed by atoms with E-state index in [4.69, 9.17) is 18.1 Å².